The zero-order valence-electron chi connectivity index (χ0n) is 12.6. The Bertz CT molecular complexity index is 659. The molecule has 1 aromatic carbocycles. The van der Waals surface area contributed by atoms with E-state index in [2.05, 4.69) is 38.4 Å². The maximum atomic E-state index is 12.6. The largest absolute Gasteiger partial charge is 0.349 e. The first-order valence-corrected chi connectivity index (χ1v) is 8.53. The molecule has 1 aliphatic rings. The molecular weight excluding hydrogens is 342 g/mol. The number of hydrogen-bond acceptors (Lipinski definition) is 2. The summed E-state index contributed by atoms with van der Waals surface area (Å²) in [5.41, 5.74) is 2.33. The highest BCUT2D eigenvalue weighted by Crippen LogP contribution is 2.26. The first kappa shape index (κ1) is 15.3. The predicted molar refractivity (Wildman–Crippen MR) is 90.6 cm³/mol. The minimum Gasteiger partial charge on any atom is -0.349 e. The summed E-state index contributed by atoms with van der Waals surface area (Å²) < 4.78 is 0.979. The van der Waals surface area contributed by atoms with Crippen LogP contribution in [-0.2, 0) is 0 Å². The molecule has 5 heteroatoms. The molecule has 2 N–H and O–H groups in total. The fourth-order valence-corrected chi connectivity index (χ4v) is 3.39. The van der Waals surface area contributed by atoms with Gasteiger partial charge >= 0.3 is 0 Å². The molecule has 0 atom stereocenters. The number of aromatic amines is 1. The number of carbonyl (C=O) groups excluding carboxylic acids is 1. The summed E-state index contributed by atoms with van der Waals surface area (Å²) >= 11 is 3.46. The van der Waals surface area contributed by atoms with E-state index in [1.54, 1.807) is 6.20 Å². The lowest BCUT2D eigenvalue weighted by atomic mass is 9.87. The van der Waals surface area contributed by atoms with Gasteiger partial charge in [-0.2, -0.15) is 5.10 Å². The molecule has 0 radical (unpaired) electrons. The maximum Gasteiger partial charge on any atom is 0.255 e. The number of carbonyl (C=O) groups is 1. The zero-order valence-corrected chi connectivity index (χ0v) is 14.2. The van der Waals surface area contributed by atoms with Crippen LogP contribution in [-0.4, -0.2) is 22.1 Å². The van der Waals surface area contributed by atoms with Crippen LogP contribution in [0.25, 0.3) is 11.3 Å². The standard InChI is InChI=1S/C17H20BrN3O/c1-11-5-7-14(8-6-11)20-17(22)15-10-19-21-16(15)12-3-2-4-13(18)9-12/h2-4,9-11,14H,5-8H2,1H3,(H,19,21)(H,20,22). The van der Waals surface area contributed by atoms with Crippen molar-refractivity contribution in [3.63, 3.8) is 0 Å². The number of rotatable bonds is 3. The Hall–Kier alpha value is -1.62. The van der Waals surface area contributed by atoms with Crippen LogP contribution in [0.4, 0.5) is 0 Å². The van der Waals surface area contributed by atoms with Gasteiger partial charge < -0.3 is 5.32 Å². The molecule has 1 amide bonds. The van der Waals surface area contributed by atoms with Gasteiger partial charge in [-0.3, -0.25) is 9.89 Å². The average Bonchev–Trinajstić information content (AvgIpc) is 2.99. The van der Waals surface area contributed by atoms with Gasteiger partial charge in [0.15, 0.2) is 0 Å². The van der Waals surface area contributed by atoms with Gasteiger partial charge in [0.2, 0.25) is 0 Å². The number of aromatic nitrogens is 2. The van der Waals surface area contributed by atoms with Crippen LogP contribution in [0.15, 0.2) is 34.9 Å². The molecular formula is C17H20BrN3O. The van der Waals surface area contributed by atoms with Crippen molar-refractivity contribution in [1.82, 2.24) is 15.5 Å². The highest BCUT2D eigenvalue weighted by molar-refractivity contribution is 9.10. The summed E-state index contributed by atoms with van der Waals surface area (Å²) in [6.07, 6.45) is 6.12. The Morgan fingerprint density at radius 3 is 2.82 bits per heavy atom. The smallest absolute Gasteiger partial charge is 0.255 e. The van der Waals surface area contributed by atoms with Gasteiger partial charge in [-0.15, -0.1) is 0 Å². The molecule has 0 saturated heterocycles. The van der Waals surface area contributed by atoms with Crippen molar-refractivity contribution in [3.05, 3.63) is 40.5 Å². The SMILES string of the molecule is CC1CCC(NC(=O)c2cn[nH]c2-c2cccc(Br)c2)CC1. The highest BCUT2D eigenvalue weighted by Gasteiger charge is 2.22. The molecule has 0 unspecified atom stereocenters. The van der Waals surface area contributed by atoms with Crippen LogP contribution in [0, 0.1) is 5.92 Å². The van der Waals surface area contributed by atoms with E-state index in [0.29, 0.717) is 5.56 Å². The number of halogens is 1. The van der Waals surface area contributed by atoms with E-state index < -0.39 is 0 Å². The summed E-state index contributed by atoms with van der Waals surface area (Å²) in [6.45, 7) is 2.28. The average molecular weight is 362 g/mol. The Morgan fingerprint density at radius 2 is 2.09 bits per heavy atom. The molecule has 1 aliphatic carbocycles. The molecule has 0 spiro atoms. The predicted octanol–water partition coefficient (Wildman–Crippen LogP) is 4.15. The number of nitrogens with one attached hydrogen (secondary N) is 2. The lowest BCUT2D eigenvalue weighted by molar-refractivity contribution is 0.0923. The molecule has 1 heterocycles. The molecule has 1 saturated carbocycles. The van der Waals surface area contributed by atoms with Crippen LogP contribution in [0.5, 0.6) is 0 Å². The molecule has 1 aromatic heterocycles. The first-order valence-electron chi connectivity index (χ1n) is 7.73. The van der Waals surface area contributed by atoms with Crippen molar-refractivity contribution in [2.75, 3.05) is 0 Å². The van der Waals surface area contributed by atoms with Crippen LogP contribution >= 0.6 is 15.9 Å². The molecule has 0 aliphatic heterocycles. The number of amides is 1. The van der Waals surface area contributed by atoms with Crippen molar-refractivity contribution in [1.29, 1.82) is 0 Å². The van der Waals surface area contributed by atoms with Gasteiger partial charge in [-0.25, -0.2) is 0 Å². The van der Waals surface area contributed by atoms with E-state index in [1.165, 1.54) is 12.8 Å². The summed E-state index contributed by atoms with van der Waals surface area (Å²) in [7, 11) is 0. The normalized spacial score (nSPS) is 21.5. The van der Waals surface area contributed by atoms with Crippen molar-refractivity contribution >= 4 is 21.8 Å². The highest BCUT2D eigenvalue weighted by atomic mass is 79.9. The van der Waals surface area contributed by atoms with E-state index in [-0.39, 0.29) is 11.9 Å². The lowest BCUT2D eigenvalue weighted by Gasteiger charge is -2.26. The Labute approximate surface area is 138 Å². The second-order valence-electron chi connectivity index (χ2n) is 6.10. The van der Waals surface area contributed by atoms with Gasteiger partial charge in [0.05, 0.1) is 17.5 Å². The van der Waals surface area contributed by atoms with Crippen LogP contribution in [0.3, 0.4) is 0 Å². The molecule has 116 valence electrons. The maximum absolute atomic E-state index is 12.6. The van der Waals surface area contributed by atoms with E-state index in [9.17, 15) is 4.79 Å². The molecule has 0 bridgehead atoms. The first-order chi connectivity index (χ1) is 10.6. The third kappa shape index (κ3) is 3.40. The molecule has 4 nitrogen and oxygen atoms in total. The summed E-state index contributed by atoms with van der Waals surface area (Å²) in [6, 6.07) is 8.14. The van der Waals surface area contributed by atoms with E-state index >= 15 is 0 Å². The third-order valence-electron chi connectivity index (χ3n) is 4.35. The van der Waals surface area contributed by atoms with E-state index in [0.717, 1.165) is 34.5 Å². The van der Waals surface area contributed by atoms with Crippen molar-refractivity contribution < 1.29 is 4.79 Å². The Balaban J connectivity index is 1.75. The van der Waals surface area contributed by atoms with E-state index in [1.807, 2.05) is 24.3 Å². The minimum absolute atomic E-state index is 0.0386. The van der Waals surface area contributed by atoms with Crippen LogP contribution in [0.1, 0.15) is 43.0 Å². The second kappa shape index (κ2) is 6.65. The Morgan fingerprint density at radius 1 is 1.32 bits per heavy atom. The fraction of sp³-hybridized carbons (Fsp3) is 0.412. The molecule has 2 aromatic rings. The van der Waals surface area contributed by atoms with Crippen molar-refractivity contribution in [2.45, 2.75) is 38.6 Å². The monoisotopic (exact) mass is 361 g/mol. The number of nitrogens with zero attached hydrogens (tertiary/aromatic N) is 1. The van der Waals surface area contributed by atoms with Gasteiger partial charge in [-0.05, 0) is 43.7 Å². The minimum atomic E-state index is -0.0386. The van der Waals surface area contributed by atoms with Gasteiger partial charge in [0, 0.05) is 16.1 Å². The summed E-state index contributed by atoms with van der Waals surface area (Å²) in [5.74, 6) is 0.739. The number of H-pyrrole nitrogens is 1. The lowest BCUT2D eigenvalue weighted by Crippen LogP contribution is -2.37. The molecule has 1 fully saturated rings. The zero-order chi connectivity index (χ0) is 15.5. The van der Waals surface area contributed by atoms with Crippen LogP contribution < -0.4 is 5.32 Å². The topological polar surface area (TPSA) is 57.8 Å². The fourth-order valence-electron chi connectivity index (χ4n) is 2.99. The van der Waals surface area contributed by atoms with Crippen LogP contribution in [0.2, 0.25) is 0 Å². The quantitative estimate of drug-likeness (QED) is 0.862. The Kier molecular flexibility index (Phi) is 4.62. The molecule has 22 heavy (non-hydrogen) atoms. The van der Waals surface area contributed by atoms with Gasteiger partial charge in [-0.1, -0.05) is 35.0 Å². The van der Waals surface area contributed by atoms with E-state index in [4.69, 9.17) is 0 Å². The van der Waals surface area contributed by atoms with Crippen molar-refractivity contribution in [2.24, 2.45) is 5.92 Å². The van der Waals surface area contributed by atoms with Gasteiger partial charge in [0.25, 0.3) is 5.91 Å². The molecule has 3 rings (SSSR count). The van der Waals surface area contributed by atoms with Gasteiger partial charge in [0.1, 0.15) is 0 Å². The second-order valence-corrected chi connectivity index (χ2v) is 7.01. The number of hydrogen-bond donors (Lipinski definition) is 2. The van der Waals surface area contributed by atoms with Crippen molar-refractivity contribution in [3.8, 4) is 11.3 Å². The third-order valence-corrected chi connectivity index (χ3v) is 4.84. The summed E-state index contributed by atoms with van der Waals surface area (Å²) in [4.78, 5) is 12.6. The number of benzene rings is 1. The summed E-state index contributed by atoms with van der Waals surface area (Å²) in [5, 5.41) is 10.2.